The van der Waals surface area contributed by atoms with Crippen molar-refractivity contribution in [2.45, 2.75) is 18.3 Å². The Hall–Kier alpha value is -2.82. The van der Waals surface area contributed by atoms with E-state index in [0.29, 0.717) is 6.54 Å². The van der Waals surface area contributed by atoms with Crippen LogP contribution in [0.15, 0.2) is 78.9 Å². The third-order valence-electron chi connectivity index (χ3n) is 6.22. The molecular weight excluding hydrogens is 406 g/mol. The van der Waals surface area contributed by atoms with Crippen LogP contribution in [0.5, 0.6) is 0 Å². The maximum absolute atomic E-state index is 12.5. The van der Waals surface area contributed by atoms with E-state index in [1.54, 1.807) is 0 Å². The van der Waals surface area contributed by atoms with Crippen molar-refractivity contribution < 1.29 is 4.79 Å². The van der Waals surface area contributed by atoms with E-state index < -0.39 is 0 Å². The molecule has 0 radical (unpaired) electrons. The summed E-state index contributed by atoms with van der Waals surface area (Å²) in [4.78, 5) is 14.9. The molecule has 1 saturated heterocycles. The summed E-state index contributed by atoms with van der Waals surface area (Å²) in [6.07, 6.45) is 2.01. The molecule has 0 aromatic heterocycles. The predicted molar refractivity (Wildman–Crippen MR) is 129 cm³/mol. The van der Waals surface area contributed by atoms with Gasteiger partial charge >= 0.3 is 6.03 Å². The molecule has 160 valence electrons. The average Bonchev–Trinajstić information content (AvgIpc) is 2.80. The number of nitrogens with one attached hydrogen (secondary N) is 2. The van der Waals surface area contributed by atoms with Gasteiger partial charge in [-0.25, -0.2) is 4.79 Å². The topological polar surface area (TPSA) is 44.4 Å². The summed E-state index contributed by atoms with van der Waals surface area (Å²) in [5, 5.41) is 6.78. The van der Waals surface area contributed by atoms with Crippen molar-refractivity contribution in [3.05, 3.63) is 89.4 Å². The molecule has 0 bridgehead atoms. The quantitative estimate of drug-likeness (QED) is 0.534. The Balaban J connectivity index is 1.51. The highest BCUT2D eigenvalue weighted by molar-refractivity contribution is 6.30. The molecule has 2 amide bonds. The molecule has 1 aliphatic heterocycles. The van der Waals surface area contributed by atoms with Crippen LogP contribution in [0.3, 0.4) is 0 Å². The van der Waals surface area contributed by atoms with Gasteiger partial charge in [0, 0.05) is 22.7 Å². The van der Waals surface area contributed by atoms with Gasteiger partial charge in [-0.15, -0.1) is 0 Å². The van der Waals surface area contributed by atoms with Crippen molar-refractivity contribution in [2.24, 2.45) is 0 Å². The molecule has 3 aromatic rings. The number of halogens is 1. The van der Waals surface area contributed by atoms with Crippen molar-refractivity contribution in [1.82, 2.24) is 10.2 Å². The smallest absolute Gasteiger partial charge is 0.319 e. The number of hydrogen-bond acceptors (Lipinski definition) is 2. The second-order valence-corrected chi connectivity index (χ2v) is 8.78. The van der Waals surface area contributed by atoms with Crippen molar-refractivity contribution in [3.8, 4) is 11.1 Å². The molecule has 3 aromatic carbocycles. The van der Waals surface area contributed by atoms with Crippen LogP contribution >= 0.6 is 11.6 Å². The Kier molecular flexibility index (Phi) is 6.59. The number of urea groups is 1. The first-order valence-electron chi connectivity index (χ1n) is 10.7. The second-order valence-electron chi connectivity index (χ2n) is 8.35. The third kappa shape index (κ3) is 5.27. The zero-order chi connectivity index (χ0) is 21.7. The maximum Gasteiger partial charge on any atom is 0.319 e. The molecule has 2 N–H and O–H groups in total. The minimum atomic E-state index is -0.167. The molecule has 1 heterocycles. The molecule has 0 spiro atoms. The van der Waals surface area contributed by atoms with Crippen LogP contribution in [-0.2, 0) is 5.41 Å². The number of carbonyl (C=O) groups excluding carboxylic acids is 1. The number of rotatable bonds is 5. The first kappa shape index (κ1) is 21.4. The van der Waals surface area contributed by atoms with Crippen molar-refractivity contribution in [3.63, 3.8) is 0 Å². The lowest BCUT2D eigenvalue weighted by molar-refractivity contribution is 0.183. The Morgan fingerprint density at radius 2 is 1.65 bits per heavy atom. The second kappa shape index (κ2) is 9.54. The summed E-state index contributed by atoms with van der Waals surface area (Å²) in [7, 11) is 2.15. The minimum Gasteiger partial charge on any atom is -0.337 e. The molecule has 31 heavy (non-hydrogen) atoms. The van der Waals surface area contributed by atoms with Crippen LogP contribution in [0.2, 0.25) is 5.02 Å². The number of para-hydroxylation sites is 1. The fourth-order valence-electron chi connectivity index (χ4n) is 4.24. The number of hydrogen-bond donors (Lipinski definition) is 2. The lowest BCUT2D eigenvalue weighted by atomic mass is 9.72. The third-order valence-corrected chi connectivity index (χ3v) is 6.45. The van der Waals surface area contributed by atoms with Crippen LogP contribution in [0.4, 0.5) is 10.5 Å². The van der Waals surface area contributed by atoms with E-state index in [1.165, 1.54) is 5.56 Å². The molecular formula is C26H28ClN3O. The zero-order valence-electron chi connectivity index (χ0n) is 17.8. The summed E-state index contributed by atoms with van der Waals surface area (Å²) in [5.41, 5.74) is 4.24. The normalized spacial score (nSPS) is 15.9. The molecule has 5 heteroatoms. The van der Waals surface area contributed by atoms with Crippen molar-refractivity contribution in [2.75, 3.05) is 32.0 Å². The molecule has 1 aliphatic rings. The fraction of sp³-hybridized carbons (Fsp3) is 0.269. The van der Waals surface area contributed by atoms with E-state index in [0.717, 1.165) is 47.8 Å². The molecule has 0 aliphatic carbocycles. The van der Waals surface area contributed by atoms with E-state index in [4.69, 9.17) is 11.6 Å². The van der Waals surface area contributed by atoms with Gasteiger partial charge in [0.05, 0.1) is 0 Å². The van der Waals surface area contributed by atoms with Gasteiger partial charge < -0.3 is 15.5 Å². The first-order chi connectivity index (χ1) is 15.0. The molecule has 0 atom stereocenters. The van der Waals surface area contributed by atoms with Crippen molar-refractivity contribution >= 4 is 23.3 Å². The van der Waals surface area contributed by atoms with Gasteiger partial charge in [-0.05, 0) is 73.9 Å². The lowest BCUT2D eigenvalue weighted by Crippen LogP contribution is -2.48. The Bertz CT molecular complexity index is 1010. The summed E-state index contributed by atoms with van der Waals surface area (Å²) in [6, 6.07) is 26.0. The van der Waals surface area contributed by atoms with Crippen molar-refractivity contribution in [1.29, 1.82) is 0 Å². The largest absolute Gasteiger partial charge is 0.337 e. The Morgan fingerprint density at radius 1 is 0.935 bits per heavy atom. The molecule has 1 fully saturated rings. The number of benzene rings is 3. The Labute approximate surface area is 189 Å². The number of anilines is 1. The van der Waals surface area contributed by atoms with Gasteiger partial charge in [0.25, 0.3) is 0 Å². The molecule has 0 unspecified atom stereocenters. The maximum atomic E-state index is 12.5. The summed E-state index contributed by atoms with van der Waals surface area (Å²) >= 11 is 6.16. The molecule has 4 nitrogen and oxygen atoms in total. The van der Waals surface area contributed by atoms with Crippen LogP contribution in [0.1, 0.15) is 18.4 Å². The summed E-state index contributed by atoms with van der Waals surface area (Å²) in [5.74, 6) is 0. The monoisotopic (exact) mass is 433 g/mol. The number of amides is 2. The van der Waals surface area contributed by atoms with Gasteiger partial charge in [0.15, 0.2) is 0 Å². The van der Waals surface area contributed by atoms with E-state index in [1.807, 2.05) is 48.5 Å². The summed E-state index contributed by atoms with van der Waals surface area (Å²) in [6.45, 7) is 2.63. The van der Waals surface area contributed by atoms with Crippen LogP contribution < -0.4 is 10.6 Å². The summed E-state index contributed by atoms with van der Waals surface area (Å²) < 4.78 is 0. The van der Waals surface area contributed by atoms with Crippen LogP contribution in [-0.4, -0.2) is 37.6 Å². The van der Waals surface area contributed by atoms with Gasteiger partial charge in [0.2, 0.25) is 0 Å². The average molecular weight is 434 g/mol. The Morgan fingerprint density at radius 3 is 2.32 bits per heavy atom. The van der Waals surface area contributed by atoms with Crippen LogP contribution in [0.25, 0.3) is 11.1 Å². The number of carbonyl (C=O) groups is 1. The molecule has 0 saturated carbocycles. The standard InChI is InChI=1S/C26H28ClN3O/c1-30-16-14-26(15-17-30,19-28-25(31)29-24-8-3-2-4-9-24)22-12-10-20(11-13-22)21-6-5-7-23(27)18-21/h2-13,18H,14-17,19H2,1H3,(H2,28,29,31). The van der Waals surface area contributed by atoms with Gasteiger partial charge in [-0.3, -0.25) is 0 Å². The minimum absolute atomic E-state index is 0.0760. The lowest BCUT2D eigenvalue weighted by Gasteiger charge is -2.41. The molecule has 4 rings (SSSR count). The number of likely N-dealkylation sites (tertiary alicyclic amines) is 1. The highest BCUT2D eigenvalue weighted by Crippen LogP contribution is 2.36. The number of nitrogens with zero attached hydrogens (tertiary/aromatic N) is 1. The van der Waals surface area contributed by atoms with Crippen LogP contribution in [0, 0.1) is 0 Å². The predicted octanol–water partition coefficient (Wildman–Crippen LogP) is 5.79. The number of piperidine rings is 1. The van der Waals surface area contributed by atoms with E-state index in [-0.39, 0.29) is 11.4 Å². The zero-order valence-corrected chi connectivity index (χ0v) is 18.5. The highest BCUT2D eigenvalue weighted by atomic mass is 35.5. The van der Waals surface area contributed by atoms with E-state index in [9.17, 15) is 4.79 Å². The van der Waals surface area contributed by atoms with E-state index in [2.05, 4.69) is 52.9 Å². The van der Waals surface area contributed by atoms with Gasteiger partial charge in [-0.2, -0.15) is 0 Å². The van der Waals surface area contributed by atoms with Gasteiger partial charge in [0.1, 0.15) is 0 Å². The first-order valence-corrected chi connectivity index (χ1v) is 11.1. The SMILES string of the molecule is CN1CCC(CNC(=O)Nc2ccccc2)(c2ccc(-c3cccc(Cl)c3)cc2)CC1. The highest BCUT2D eigenvalue weighted by Gasteiger charge is 2.35. The van der Waals surface area contributed by atoms with E-state index >= 15 is 0 Å². The fourth-order valence-corrected chi connectivity index (χ4v) is 4.43. The van der Waals surface area contributed by atoms with Gasteiger partial charge in [-0.1, -0.05) is 66.2 Å².